The minimum Gasteiger partial charge on any atom is -0.481 e. The van der Waals surface area contributed by atoms with Gasteiger partial charge in [-0.3, -0.25) is 0 Å². The molecule has 1 aromatic rings. The van der Waals surface area contributed by atoms with Gasteiger partial charge in [0, 0.05) is 22.6 Å². The summed E-state index contributed by atoms with van der Waals surface area (Å²) >= 11 is 3.53. The van der Waals surface area contributed by atoms with Gasteiger partial charge < -0.3 is 10.1 Å². The molecule has 0 unspecified atom stereocenters. The molecule has 0 radical (unpaired) electrons. The smallest absolute Gasteiger partial charge is 0.148 e. The summed E-state index contributed by atoms with van der Waals surface area (Å²) < 4.78 is 6.70. The molecule has 0 aliphatic heterocycles. The van der Waals surface area contributed by atoms with Crippen LogP contribution in [0, 0.1) is 12.3 Å². The Balaban J connectivity index is 1.94. The third kappa shape index (κ3) is 5.73. The first-order valence-electron chi connectivity index (χ1n) is 7.87. The summed E-state index contributed by atoms with van der Waals surface area (Å²) in [6.45, 7) is 1.15. The molecule has 1 aromatic carbocycles. The van der Waals surface area contributed by atoms with E-state index in [2.05, 4.69) is 33.2 Å². The normalized spacial score (nSPS) is 16.8. The van der Waals surface area contributed by atoms with Crippen LogP contribution in [-0.4, -0.2) is 12.6 Å². The van der Waals surface area contributed by atoms with E-state index in [9.17, 15) is 0 Å². The second kappa shape index (κ2) is 9.12. The highest BCUT2D eigenvalue weighted by Gasteiger charge is 2.12. The van der Waals surface area contributed by atoms with Crippen molar-refractivity contribution in [2.75, 3.05) is 6.61 Å². The lowest BCUT2D eigenvalue weighted by Crippen LogP contribution is -2.29. The standard InChI is InChI=1S/C18H24BrNO/c1-2-12-21-18-11-10-16(19)13-15(18)14-20-17-8-6-4-3-5-7-9-17/h1,10-11,13,17,20H,3-9,12,14H2. The number of hydrogen-bond donors (Lipinski definition) is 1. The Morgan fingerprint density at radius 1 is 1.19 bits per heavy atom. The fourth-order valence-corrected chi connectivity index (χ4v) is 3.27. The maximum Gasteiger partial charge on any atom is 0.148 e. The summed E-state index contributed by atoms with van der Waals surface area (Å²) in [4.78, 5) is 0. The van der Waals surface area contributed by atoms with E-state index in [1.165, 1.54) is 50.5 Å². The van der Waals surface area contributed by atoms with Crippen molar-refractivity contribution in [2.45, 2.75) is 57.5 Å². The Kier molecular flexibility index (Phi) is 7.12. The van der Waals surface area contributed by atoms with Gasteiger partial charge in [-0.25, -0.2) is 0 Å². The maximum atomic E-state index is 5.63. The van der Waals surface area contributed by atoms with Gasteiger partial charge >= 0.3 is 0 Å². The average molecular weight is 350 g/mol. The van der Waals surface area contributed by atoms with Crippen LogP contribution in [-0.2, 0) is 6.54 Å². The van der Waals surface area contributed by atoms with Crippen LogP contribution in [0.15, 0.2) is 22.7 Å². The Labute approximate surface area is 136 Å². The van der Waals surface area contributed by atoms with E-state index in [1.54, 1.807) is 0 Å². The monoisotopic (exact) mass is 349 g/mol. The van der Waals surface area contributed by atoms with E-state index < -0.39 is 0 Å². The van der Waals surface area contributed by atoms with Crippen LogP contribution in [0.2, 0.25) is 0 Å². The largest absolute Gasteiger partial charge is 0.481 e. The summed E-state index contributed by atoms with van der Waals surface area (Å²) in [5.41, 5.74) is 1.17. The lowest BCUT2D eigenvalue weighted by atomic mass is 9.96. The highest BCUT2D eigenvalue weighted by molar-refractivity contribution is 9.10. The molecular weight excluding hydrogens is 326 g/mol. The quantitative estimate of drug-likeness (QED) is 0.780. The average Bonchev–Trinajstić information content (AvgIpc) is 2.45. The lowest BCUT2D eigenvalue weighted by molar-refractivity contribution is 0.357. The van der Waals surface area contributed by atoms with Crippen LogP contribution in [0.25, 0.3) is 0 Å². The number of halogens is 1. The van der Waals surface area contributed by atoms with Gasteiger partial charge in [-0.1, -0.05) is 54.0 Å². The van der Waals surface area contributed by atoms with Gasteiger partial charge in [0.15, 0.2) is 0 Å². The van der Waals surface area contributed by atoms with Crippen LogP contribution in [0.5, 0.6) is 5.75 Å². The van der Waals surface area contributed by atoms with Crippen molar-refractivity contribution in [3.8, 4) is 18.1 Å². The predicted octanol–water partition coefficient (Wildman–Crippen LogP) is 4.66. The third-order valence-corrected chi connectivity index (χ3v) is 4.51. The Hall–Kier alpha value is -0.980. The summed E-state index contributed by atoms with van der Waals surface area (Å²) in [6.07, 6.45) is 14.7. The molecule has 1 saturated carbocycles. The fourth-order valence-electron chi connectivity index (χ4n) is 2.86. The highest BCUT2D eigenvalue weighted by Crippen LogP contribution is 2.24. The van der Waals surface area contributed by atoms with Crippen molar-refractivity contribution < 1.29 is 4.74 Å². The summed E-state index contributed by atoms with van der Waals surface area (Å²) in [6, 6.07) is 6.72. The molecular formula is C18H24BrNO. The minimum atomic E-state index is 0.318. The first-order chi connectivity index (χ1) is 10.3. The molecule has 0 spiro atoms. The molecule has 3 heteroatoms. The van der Waals surface area contributed by atoms with Crippen LogP contribution in [0.3, 0.4) is 0 Å². The highest BCUT2D eigenvalue weighted by atomic mass is 79.9. The molecule has 114 valence electrons. The van der Waals surface area contributed by atoms with Crippen molar-refractivity contribution in [1.29, 1.82) is 0 Å². The molecule has 0 aromatic heterocycles. The van der Waals surface area contributed by atoms with Gasteiger partial charge in [0.05, 0.1) is 0 Å². The van der Waals surface area contributed by atoms with E-state index in [0.29, 0.717) is 12.6 Å². The first kappa shape index (κ1) is 16.4. The van der Waals surface area contributed by atoms with E-state index in [0.717, 1.165) is 16.8 Å². The number of rotatable bonds is 5. The van der Waals surface area contributed by atoms with Gasteiger partial charge in [-0.15, -0.1) is 6.42 Å². The Morgan fingerprint density at radius 2 is 1.90 bits per heavy atom. The van der Waals surface area contributed by atoms with Gasteiger partial charge in [-0.2, -0.15) is 0 Å². The van der Waals surface area contributed by atoms with Crippen LogP contribution in [0.1, 0.15) is 50.5 Å². The molecule has 1 N–H and O–H groups in total. The molecule has 0 bridgehead atoms. The second-order valence-electron chi connectivity index (χ2n) is 5.67. The third-order valence-electron chi connectivity index (χ3n) is 4.02. The minimum absolute atomic E-state index is 0.318. The van der Waals surface area contributed by atoms with Crippen molar-refractivity contribution in [1.82, 2.24) is 5.32 Å². The van der Waals surface area contributed by atoms with Crippen molar-refractivity contribution in [3.63, 3.8) is 0 Å². The summed E-state index contributed by atoms with van der Waals surface area (Å²) in [5, 5.41) is 3.70. The number of nitrogens with one attached hydrogen (secondary N) is 1. The van der Waals surface area contributed by atoms with Crippen LogP contribution >= 0.6 is 15.9 Å². The first-order valence-corrected chi connectivity index (χ1v) is 8.67. The number of benzene rings is 1. The zero-order valence-electron chi connectivity index (χ0n) is 12.5. The zero-order valence-corrected chi connectivity index (χ0v) is 14.1. The zero-order chi connectivity index (χ0) is 14.9. The molecule has 21 heavy (non-hydrogen) atoms. The molecule has 0 saturated heterocycles. The Bertz CT molecular complexity index is 473. The molecule has 2 nitrogen and oxygen atoms in total. The van der Waals surface area contributed by atoms with Crippen LogP contribution < -0.4 is 10.1 Å². The Morgan fingerprint density at radius 3 is 2.62 bits per heavy atom. The lowest BCUT2D eigenvalue weighted by Gasteiger charge is -2.22. The van der Waals surface area contributed by atoms with Gasteiger partial charge in [-0.05, 0) is 31.0 Å². The van der Waals surface area contributed by atoms with Crippen LogP contribution in [0.4, 0.5) is 0 Å². The van der Waals surface area contributed by atoms with Gasteiger partial charge in [0.1, 0.15) is 12.4 Å². The number of ether oxygens (including phenoxy) is 1. The van der Waals surface area contributed by atoms with Crippen molar-refractivity contribution >= 4 is 15.9 Å². The molecule has 0 heterocycles. The molecule has 0 amide bonds. The molecule has 1 fully saturated rings. The van der Waals surface area contributed by atoms with Crippen molar-refractivity contribution in [2.24, 2.45) is 0 Å². The molecule has 0 atom stereocenters. The van der Waals surface area contributed by atoms with E-state index in [4.69, 9.17) is 11.2 Å². The molecule has 2 rings (SSSR count). The topological polar surface area (TPSA) is 21.3 Å². The molecule has 1 aliphatic rings. The van der Waals surface area contributed by atoms with Gasteiger partial charge in [0.2, 0.25) is 0 Å². The SMILES string of the molecule is C#CCOc1ccc(Br)cc1CNC1CCCCCCC1. The number of hydrogen-bond acceptors (Lipinski definition) is 2. The van der Waals surface area contributed by atoms with E-state index in [-0.39, 0.29) is 0 Å². The van der Waals surface area contributed by atoms with Gasteiger partial charge in [0.25, 0.3) is 0 Å². The van der Waals surface area contributed by atoms with E-state index >= 15 is 0 Å². The fraction of sp³-hybridized carbons (Fsp3) is 0.556. The molecule has 1 aliphatic carbocycles. The van der Waals surface area contributed by atoms with E-state index in [1.807, 2.05) is 12.1 Å². The summed E-state index contributed by atoms with van der Waals surface area (Å²) in [7, 11) is 0. The second-order valence-corrected chi connectivity index (χ2v) is 6.58. The van der Waals surface area contributed by atoms with Crippen molar-refractivity contribution in [3.05, 3.63) is 28.2 Å². The maximum absolute atomic E-state index is 5.63. The summed E-state index contributed by atoms with van der Waals surface area (Å²) in [5.74, 6) is 3.41. The predicted molar refractivity (Wildman–Crippen MR) is 91.4 cm³/mol. The number of terminal acetylenes is 1.